The number of sulfone groups is 1. The van der Waals surface area contributed by atoms with Crippen LogP contribution in [-0.2, 0) is 14.6 Å². The molecule has 15 heavy (non-hydrogen) atoms. The van der Waals surface area contributed by atoms with Crippen LogP contribution in [0.2, 0.25) is 0 Å². The second-order valence-corrected chi connectivity index (χ2v) is 7.40. The van der Waals surface area contributed by atoms with Gasteiger partial charge in [-0.3, -0.25) is 0 Å². The van der Waals surface area contributed by atoms with E-state index in [1.54, 1.807) is 0 Å². The van der Waals surface area contributed by atoms with Gasteiger partial charge in [-0.05, 0) is 32.1 Å². The third kappa shape index (κ3) is 2.66. The first kappa shape index (κ1) is 11.7. The largest absolute Gasteiger partial charge is 0.374 e. The van der Waals surface area contributed by atoms with Crippen molar-refractivity contribution in [3.05, 3.63) is 0 Å². The summed E-state index contributed by atoms with van der Waals surface area (Å²) in [5, 5.41) is -0.132. The van der Waals surface area contributed by atoms with E-state index in [1.165, 1.54) is 0 Å². The van der Waals surface area contributed by atoms with Gasteiger partial charge in [0.1, 0.15) is 0 Å². The molecule has 0 aromatic heterocycles. The van der Waals surface area contributed by atoms with Gasteiger partial charge in [0, 0.05) is 0 Å². The average Bonchev–Trinajstić information content (AvgIpc) is 2.71. The smallest absolute Gasteiger partial charge is 0.150 e. The molecule has 0 aromatic carbocycles. The van der Waals surface area contributed by atoms with Crippen molar-refractivity contribution in [2.24, 2.45) is 5.92 Å². The molecule has 88 valence electrons. The summed E-state index contributed by atoms with van der Waals surface area (Å²) in [5.74, 6) is 0.630. The number of alkyl halides is 1. The standard InChI is InChI=1S/C10H17ClO3S/c1-7-2-3-9(14-7)10(11)8-4-5-15(12,13)6-8/h7-10H,2-6H2,1H3. The third-order valence-electron chi connectivity index (χ3n) is 3.34. The Morgan fingerprint density at radius 2 is 2.07 bits per heavy atom. The number of hydrogen-bond acceptors (Lipinski definition) is 3. The Labute approximate surface area is 96.1 Å². The molecule has 2 fully saturated rings. The minimum absolute atomic E-state index is 0.0555. The van der Waals surface area contributed by atoms with E-state index in [2.05, 4.69) is 0 Å². The van der Waals surface area contributed by atoms with E-state index in [9.17, 15) is 8.42 Å². The lowest BCUT2D eigenvalue weighted by molar-refractivity contribution is 0.0457. The molecule has 0 bridgehead atoms. The van der Waals surface area contributed by atoms with Crippen LogP contribution >= 0.6 is 11.6 Å². The molecular weight excluding hydrogens is 236 g/mol. The van der Waals surface area contributed by atoms with Gasteiger partial charge < -0.3 is 4.74 Å². The highest BCUT2D eigenvalue weighted by Crippen LogP contribution is 2.33. The van der Waals surface area contributed by atoms with Gasteiger partial charge in [0.05, 0.1) is 29.1 Å². The summed E-state index contributed by atoms with van der Waals surface area (Å²) in [6.07, 6.45) is 3.03. The first-order valence-electron chi connectivity index (χ1n) is 5.48. The van der Waals surface area contributed by atoms with Gasteiger partial charge in [-0.15, -0.1) is 11.6 Å². The lowest BCUT2D eigenvalue weighted by Crippen LogP contribution is -2.29. The molecule has 0 spiro atoms. The molecule has 2 aliphatic rings. The molecule has 3 nitrogen and oxygen atoms in total. The highest BCUT2D eigenvalue weighted by Gasteiger charge is 2.39. The Morgan fingerprint density at radius 1 is 1.33 bits per heavy atom. The molecule has 0 amide bonds. The van der Waals surface area contributed by atoms with Crippen molar-refractivity contribution >= 4 is 21.4 Å². The van der Waals surface area contributed by atoms with Gasteiger partial charge >= 0.3 is 0 Å². The lowest BCUT2D eigenvalue weighted by Gasteiger charge is -2.22. The summed E-state index contributed by atoms with van der Waals surface area (Å²) in [6.45, 7) is 2.04. The van der Waals surface area contributed by atoms with Crippen LogP contribution < -0.4 is 0 Å². The predicted molar refractivity (Wildman–Crippen MR) is 60.0 cm³/mol. The maximum absolute atomic E-state index is 11.3. The van der Waals surface area contributed by atoms with Crippen molar-refractivity contribution in [1.29, 1.82) is 0 Å². The maximum Gasteiger partial charge on any atom is 0.150 e. The Morgan fingerprint density at radius 3 is 2.53 bits per heavy atom. The van der Waals surface area contributed by atoms with Crippen LogP contribution in [0.3, 0.4) is 0 Å². The van der Waals surface area contributed by atoms with Gasteiger partial charge in [0.25, 0.3) is 0 Å². The lowest BCUT2D eigenvalue weighted by atomic mass is 9.99. The van der Waals surface area contributed by atoms with E-state index in [0.29, 0.717) is 12.2 Å². The first-order chi connectivity index (χ1) is 6.98. The highest BCUT2D eigenvalue weighted by molar-refractivity contribution is 7.91. The quantitative estimate of drug-likeness (QED) is 0.701. The van der Waals surface area contributed by atoms with Crippen molar-refractivity contribution < 1.29 is 13.2 Å². The Kier molecular flexibility index (Phi) is 3.29. The maximum atomic E-state index is 11.3. The van der Waals surface area contributed by atoms with Crippen molar-refractivity contribution in [2.75, 3.05) is 11.5 Å². The molecule has 2 rings (SSSR count). The Hall–Kier alpha value is 0.200. The van der Waals surface area contributed by atoms with Gasteiger partial charge in [-0.25, -0.2) is 8.42 Å². The molecule has 4 unspecified atom stereocenters. The van der Waals surface area contributed by atoms with Crippen LogP contribution in [0.15, 0.2) is 0 Å². The summed E-state index contributed by atoms with van der Waals surface area (Å²) in [6, 6.07) is 0. The van der Waals surface area contributed by atoms with E-state index in [-0.39, 0.29) is 29.3 Å². The summed E-state index contributed by atoms with van der Waals surface area (Å²) in [4.78, 5) is 0. The fourth-order valence-corrected chi connectivity index (χ4v) is 4.81. The number of ether oxygens (including phenoxy) is 1. The average molecular weight is 253 g/mol. The SMILES string of the molecule is CC1CCC(C(Cl)C2CCS(=O)(=O)C2)O1. The summed E-state index contributed by atoms with van der Waals surface area (Å²) >= 11 is 6.30. The Balaban J connectivity index is 1.94. The van der Waals surface area contributed by atoms with Crippen molar-refractivity contribution in [3.8, 4) is 0 Å². The molecule has 0 saturated carbocycles. The molecule has 5 heteroatoms. The summed E-state index contributed by atoms with van der Waals surface area (Å²) in [7, 11) is -2.82. The normalized spacial score (nSPS) is 41.9. The van der Waals surface area contributed by atoms with Crippen molar-refractivity contribution in [2.45, 2.75) is 43.8 Å². The van der Waals surface area contributed by atoms with Crippen LogP contribution in [0, 0.1) is 5.92 Å². The van der Waals surface area contributed by atoms with E-state index < -0.39 is 9.84 Å². The molecule has 2 heterocycles. The number of rotatable bonds is 2. The van der Waals surface area contributed by atoms with Crippen LogP contribution in [-0.4, -0.2) is 37.5 Å². The van der Waals surface area contributed by atoms with Crippen LogP contribution in [0.4, 0.5) is 0 Å². The third-order valence-corrected chi connectivity index (χ3v) is 5.77. The van der Waals surface area contributed by atoms with E-state index in [0.717, 1.165) is 12.8 Å². The minimum Gasteiger partial charge on any atom is -0.374 e. The molecule has 0 N–H and O–H groups in total. The summed E-state index contributed by atoms with van der Waals surface area (Å²) in [5.41, 5.74) is 0. The van der Waals surface area contributed by atoms with E-state index in [4.69, 9.17) is 16.3 Å². The van der Waals surface area contributed by atoms with Crippen LogP contribution in [0.5, 0.6) is 0 Å². The Bertz CT molecular complexity index is 328. The predicted octanol–water partition coefficient (Wildman–Crippen LogP) is 1.60. The molecule has 4 atom stereocenters. The molecule has 0 radical (unpaired) electrons. The highest BCUT2D eigenvalue weighted by atomic mass is 35.5. The molecule has 0 aliphatic carbocycles. The molecular formula is C10H17ClO3S. The number of halogens is 1. The first-order valence-corrected chi connectivity index (χ1v) is 7.74. The van der Waals surface area contributed by atoms with Gasteiger partial charge in [-0.1, -0.05) is 0 Å². The zero-order valence-corrected chi connectivity index (χ0v) is 10.4. The second kappa shape index (κ2) is 4.22. The second-order valence-electron chi connectivity index (χ2n) is 4.67. The van der Waals surface area contributed by atoms with Gasteiger partial charge in [0.15, 0.2) is 9.84 Å². The van der Waals surface area contributed by atoms with E-state index in [1.807, 2.05) is 6.92 Å². The number of hydrogen-bond donors (Lipinski definition) is 0. The molecule has 0 aromatic rings. The monoisotopic (exact) mass is 252 g/mol. The van der Waals surface area contributed by atoms with Gasteiger partial charge in [0.2, 0.25) is 0 Å². The minimum atomic E-state index is -2.82. The zero-order valence-electron chi connectivity index (χ0n) is 8.86. The summed E-state index contributed by atoms with van der Waals surface area (Å²) < 4.78 is 28.3. The zero-order chi connectivity index (χ0) is 11.1. The fraction of sp³-hybridized carbons (Fsp3) is 1.00. The fourth-order valence-electron chi connectivity index (χ4n) is 2.45. The van der Waals surface area contributed by atoms with Crippen molar-refractivity contribution in [1.82, 2.24) is 0 Å². The van der Waals surface area contributed by atoms with Gasteiger partial charge in [-0.2, -0.15) is 0 Å². The van der Waals surface area contributed by atoms with Crippen molar-refractivity contribution in [3.63, 3.8) is 0 Å². The van der Waals surface area contributed by atoms with Crippen LogP contribution in [0.1, 0.15) is 26.2 Å². The molecule has 2 saturated heterocycles. The topological polar surface area (TPSA) is 43.4 Å². The van der Waals surface area contributed by atoms with Crippen LogP contribution in [0.25, 0.3) is 0 Å². The van der Waals surface area contributed by atoms with E-state index >= 15 is 0 Å². The molecule has 2 aliphatic heterocycles.